The van der Waals surface area contributed by atoms with Gasteiger partial charge in [0.2, 0.25) is 0 Å². The van der Waals surface area contributed by atoms with E-state index in [-0.39, 0.29) is 30.3 Å². The van der Waals surface area contributed by atoms with Crippen LogP contribution < -0.4 is 20.9 Å². The Morgan fingerprint density at radius 1 is 1.03 bits per heavy atom. The van der Waals surface area contributed by atoms with Gasteiger partial charge in [-0.25, -0.2) is 13.6 Å². The Labute approximate surface area is 219 Å². The lowest BCUT2D eigenvalue weighted by Gasteiger charge is -2.18. The summed E-state index contributed by atoms with van der Waals surface area (Å²) in [5.41, 5.74) is 14.6. The topological polar surface area (TPSA) is 138 Å². The fourth-order valence-electron chi connectivity index (χ4n) is 3.77. The zero-order valence-corrected chi connectivity index (χ0v) is 21.4. The van der Waals surface area contributed by atoms with Crippen LogP contribution in [0.4, 0.5) is 8.78 Å². The molecule has 202 valence electrons. The van der Waals surface area contributed by atoms with Gasteiger partial charge in [0.15, 0.2) is 23.5 Å². The monoisotopic (exact) mass is 527 g/mol. The molecule has 0 saturated heterocycles. The average molecular weight is 528 g/mol. The van der Waals surface area contributed by atoms with Crippen molar-refractivity contribution >= 4 is 11.8 Å². The standard InChI is InChI=1S/C28H31F2N3O5/c1-4-23(34)25(32)19-10-18(17-7-5-6-16(9-17)14-31)11-20(12-19)37-26-21(29)13-22(30)27(33-26)38-24(28(35)36)8-15(2)3/h5-7,9-13,15,24-25H,4,8,14,31-32H2,1-3H3,(H,35,36)/t24-,25?/m1/s1. The summed E-state index contributed by atoms with van der Waals surface area (Å²) in [6.07, 6.45) is -1.10. The Balaban J connectivity index is 2.05. The number of rotatable bonds is 12. The third kappa shape index (κ3) is 7.11. The van der Waals surface area contributed by atoms with Crippen LogP contribution in [-0.2, 0) is 16.1 Å². The molecule has 0 spiro atoms. The minimum Gasteiger partial charge on any atom is -0.479 e. The molecule has 0 bridgehead atoms. The van der Waals surface area contributed by atoms with Gasteiger partial charge in [-0.05, 0) is 58.9 Å². The summed E-state index contributed by atoms with van der Waals surface area (Å²) in [7, 11) is 0. The molecule has 0 radical (unpaired) electrons. The van der Waals surface area contributed by atoms with E-state index in [1.165, 1.54) is 6.07 Å². The van der Waals surface area contributed by atoms with Crippen LogP contribution in [0.2, 0.25) is 0 Å². The Kier molecular flexibility index (Phi) is 9.49. The average Bonchev–Trinajstić information content (AvgIpc) is 2.89. The highest BCUT2D eigenvalue weighted by Gasteiger charge is 2.25. The maximum absolute atomic E-state index is 14.7. The predicted molar refractivity (Wildman–Crippen MR) is 138 cm³/mol. The van der Waals surface area contributed by atoms with Crippen LogP contribution in [0, 0.1) is 17.6 Å². The van der Waals surface area contributed by atoms with Crippen LogP contribution >= 0.6 is 0 Å². The van der Waals surface area contributed by atoms with Crippen molar-refractivity contribution in [2.24, 2.45) is 17.4 Å². The van der Waals surface area contributed by atoms with E-state index in [0.717, 1.165) is 11.1 Å². The number of halogens is 2. The van der Waals surface area contributed by atoms with Gasteiger partial charge in [0.1, 0.15) is 5.75 Å². The first-order valence-electron chi connectivity index (χ1n) is 12.2. The number of carboxylic acid groups (broad SMARTS) is 1. The number of ether oxygens (including phenoxy) is 2. The van der Waals surface area contributed by atoms with Crippen molar-refractivity contribution in [3.63, 3.8) is 0 Å². The third-order valence-electron chi connectivity index (χ3n) is 5.77. The van der Waals surface area contributed by atoms with E-state index in [4.69, 9.17) is 20.9 Å². The molecule has 0 aliphatic heterocycles. The van der Waals surface area contributed by atoms with Gasteiger partial charge < -0.3 is 26.0 Å². The van der Waals surface area contributed by atoms with Crippen molar-refractivity contribution < 1.29 is 33.0 Å². The van der Waals surface area contributed by atoms with Gasteiger partial charge in [-0.3, -0.25) is 4.79 Å². The van der Waals surface area contributed by atoms with Crippen LogP contribution in [0.15, 0.2) is 48.5 Å². The van der Waals surface area contributed by atoms with E-state index in [2.05, 4.69) is 4.98 Å². The van der Waals surface area contributed by atoms with E-state index in [0.29, 0.717) is 23.7 Å². The number of pyridine rings is 1. The van der Waals surface area contributed by atoms with Crippen LogP contribution in [0.5, 0.6) is 17.5 Å². The maximum Gasteiger partial charge on any atom is 0.344 e. The lowest BCUT2D eigenvalue weighted by molar-refractivity contribution is -0.146. The van der Waals surface area contributed by atoms with Crippen LogP contribution in [0.25, 0.3) is 11.1 Å². The molecule has 0 aliphatic carbocycles. The number of nitrogens with two attached hydrogens (primary N) is 2. The van der Waals surface area contributed by atoms with E-state index in [9.17, 15) is 23.5 Å². The van der Waals surface area contributed by atoms with Gasteiger partial charge in [0, 0.05) is 19.0 Å². The van der Waals surface area contributed by atoms with Gasteiger partial charge in [-0.1, -0.05) is 39.0 Å². The van der Waals surface area contributed by atoms with Gasteiger partial charge in [-0.15, -0.1) is 0 Å². The second kappa shape index (κ2) is 12.6. The normalized spacial score (nSPS) is 12.7. The molecule has 3 rings (SSSR count). The summed E-state index contributed by atoms with van der Waals surface area (Å²) >= 11 is 0. The van der Waals surface area contributed by atoms with Crippen molar-refractivity contribution in [1.29, 1.82) is 0 Å². The lowest BCUT2D eigenvalue weighted by atomic mass is 9.96. The molecule has 1 aromatic heterocycles. The number of ketones is 1. The van der Waals surface area contributed by atoms with Crippen LogP contribution in [0.3, 0.4) is 0 Å². The molecule has 0 fully saturated rings. The molecule has 0 aliphatic rings. The first-order valence-corrected chi connectivity index (χ1v) is 12.2. The second-order valence-electron chi connectivity index (χ2n) is 9.23. The van der Waals surface area contributed by atoms with Gasteiger partial charge in [-0.2, -0.15) is 4.98 Å². The number of carbonyl (C=O) groups excluding carboxylic acids is 1. The van der Waals surface area contributed by atoms with Crippen molar-refractivity contribution in [1.82, 2.24) is 4.98 Å². The van der Waals surface area contributed by atoms with Crippen molar-refractivity contribution in [2.45, 2.75) is 52.3 Å². The molecule has 10 heteroatoms. The molecule has 8 nitrogen and oxygen atoms in total. The minimum absolute atomic E-state index is 0.0655. The van der Waals surface area contributed by atoms with E-state index in [1.807, 2.05) is 24.3 Å². The van der Waals surface area contributed by atoms with Gasteiger partial charge in [0.05, 0.1) is 6.04 Å². The highest BCUT2D eigenvalue weighted by molar-refractivity contribution is 5.85. The number of carboxylic acids is 1. The summed E-state index contributed by atoms with van der Waals surface area (Å²) in [6.45, 7) is 5.57. The summed E-state index contributed by atoms with van der Waals surface area (Å²) in [4.78, 5) is 27.7. The van der Waals surface area contributed by atoms with Gasteiger partial charge >= 0.3 is 5.97 Å². The fraction of sp³-hybridized carbons (Fsp3) is 0.321. The lowest BCUT2D eigenvalue weighted by Crippen LogP contribution is -2.29. The molecule has 1 unspecified atom stereocenters. The quantitative estimate of drug-likeness (QED) is 0.295. The molecule has 2 atom stereocenters. The minimum atomic E-state index is -1.39. The summed E-state index contributed by atoms with van der Waals surface area (Å²) in [5.74, 6) is -5.15. The number of benzene rings is 2. The smallest absolute Gasteiger partial charge is 0.344 e. The molecule has 3 aromatic rings. The summed E-state index contributed by atoms with van der Waals surface area (Å²) in [5, 5.41) is 9.43. The summed E-state index contributed by atoms with van der Waals surface area (Å²) in [6, 6.07) is 11.7. The molecule has 38 heavy (non-hydrogen) atoms. The zero-order chi connectivity index (χ0) is 28.0. The number of hydrogen-bond acceptors (Lipinski definition) is 7. The second-order valence-corrected chi connectivity index (χ2v) is 9.23. The highest BCUT2D eigenvalue weighted by Crippen LogP contribution is 2.34. The van der Waals surface area contributed by atoms with Crippen molar-refractivity contribution in [3.8, 4) is 28.6 Å². The highest BCUT2D eigenvalue weighted by atomic mass is 19.1. The Morgan fingerprint density at radius 2 is 1.74 bits per heavy atom. The molecular formula is C28H31F2N3O5. The number of nitrogens with zero attached hydrogens (tertiary/aromatic N) is 1. The summed E-state index contributed by atoms with van der Waals surface area (Å²) < 4.78 is 40.1. The molecule has 0 amide bonds. The first-order chi connectivity index (χ1) is 18.0. The van der Waals surface area contributed by atoms with E-state index < -0.39 is 41.5 Å². The number of aromatic nitrogens is 1. The molecular weight excluding hydrogens is 496 g/mol. The van der Waals surface area contributed by atoms with E-state index in [1.54, 1.807) is 32.9 Å². The van der Waals surface area contributed by atoms with Crippen LogP contribution in [0.1, 0.15) is 50.8 Å². The Morgan fingerprint density at radius 3 is 2.37 bits per heavy atom. The largest absolute Gasteiger partial charge is 0.479 e. The maximum atomic E-state index is 14.7. The SMILES string of the molecule is CCC(=O)C(N)c1cc(Oc2nc(O[C@H](CC(C)C)C(=O)O)c(F)cc2F)cc(-c2cccc(CN)c2)c1. The van der Waals surface area contributed by atoms with Crippen molar-refractivity contribution in [2.75, 3.05) is 0 Å². The van der Waals surface area contributed by atoms with Crippen molar-refractivity contribution in [3.05, 3.63) is 71.3 Å². The Bertz CT molecular complexity index is 1320. The van der Waals surface area contributed by atoms with Gasteiger partial charge in [0.25, 0.3) is 11.8 Å². The number of aliphatic carboxylic acids is 1. The first kappa shape index (κ1) is 28.7. The third-order valence-corrected chi connectivity index (χ3v) is 5.77. The number of carbonyl (C=O) groups is 2. The molecule has 0 saturated carbocycles. The predicted octanol–water partition coefficient (Wildman–Crippen LogP) is 5.13. The molecule has 1 heterocycles. The fourth-order valence-corrected chi connectivity index (χ4v) is 3.77. The zero-order valence-electron chi connectivity index (χ0n) is 21.4. The molecule has 5 N–H and O–H groups in total. The Hall–Kier alpha value is -3.89. The number of Topliss-reactive ketones (excluding diaryl/α,β-unsaturated/α-hetero) is 1. The number of hydrogen-bond donors (Lipinski definition) is 3. The van der Waals surface area contributed by atoms with E-state index >= 15 is 0 Å². The van der Waals surface area contributed by atoms with Crippen LogP contribution in [-0.4, -0.2) is 27.9 Å². The molecule has 2 aromatic carbocycles.